The summed E-state index contributed by atoms with van der Waals surface area (Å²) in [5.74, 6) is -2.09. The molecule has 10 heteroatoms. The van der Waals surface area contributed by atoms with E-state index < -0.39 is 36.4 Å². The molecule has 0 aromatic carbocycles. The Balaban J connectivity index is 3.10. The van der Waals surface area contributed by atoms with Crippen LogP contribution in [0, 0.1) is 17.2 Å². The monoisotopic (exact) mass is 468 g/mol. The molecule has 0 radical (unpaired) electrons. The van der Waals surface area contributed by atoms with Gasteiger partial charge in [-0.15, -0.1) is 0 Å². The predicted octanol–water partition coefficient (Wildman–Crippen LogP) is 1.75. The molecular weight excluding hydrogens is 428 g/mol. The molecule has 0 saturated heterocycles. The molecule has 5 atom stereocenters. The molecule has 0 aliphatic heterocycles. The minimum Gasteiger partial charge on any atom is -0.424 e. The molecule has 0 aromatic heterocycles. The average Bonchev–Trinajstić information content (AvgIpc) is 2.71. The zero-order chi connectivity index (χ0) is 25.3. The summed E-state index contributed by atoms with van der Waals surface area (Å²) in [7, 11) is 0. The average molecular weight is 469 g/mol. The summed E-state index contributed by atoms with van der Waals surface area (Å²) >= 11 is 0. The quantitative estimate of drug-likeness (QED) is 0.145. The Labute approximate surface area is 196 Å². The first kappa shape index (κ1) is 28.6. The summed E-state index contributed by atoms with van der Waals surface area (Å²) in [6, 6.07) is -1.28. The molecule has 188 valence electrons. The van der Waals surface area contributed by atoms with Crippen LogP contribution in [0.2, 0.25) is 0 Å². The number of hydrogen-bond acceptors (Lipinski definition) is 8. The minimum atomic E-state index is -1.13. The first-order valence-electron chi connectivity index (χ1n) is 11.5. The van der Waals surface area contributed by atoms with E-state index in [1.807, 2.05) is 13.8 Å². The van der Waals surface area contributed by atoms with Crippen LogP contribution >= 0.6 is 0 Å². The number of ether oxygens (including phenoxy) is 3. The number of esters is 2. The second-order valence-corrected chi connectivity index (χ2v) is 8.83. The van der Waals surface area contributed by atoms with E-state index in [9.17, 15) is 14.4 Å². The van der Waals surface area contributed by atoms with Gasteiger partial charge in [0.05, 0.1) is 24.1 Å². The zero-order valence-corrected chi connectivity index (χ0v) is 20.6. The van der Waals surface area contributed by atoms with Gasteiger partial charge in [0, 0.05) is 25.8 Å². The standard InChI is InChI=1S/C23H40N4O6/c1-7-17(8-2)33-18-10-16(9-15(11-19(24)25)21(18)27-13(5)28)22(29)31-14(6)32-23(30)20(26)12(3)4/h10,12,14-15,17-18,20-21H,7-9,11,26H2,1-6H3,(H3,24,25)(H,27,28)/t14?,15-,18-,20?,21-/m1/s1. The molecule has 1 aliphatic carbocycles. The number of amidine groups is 1. The Morgan fingerprint density at radius 1 is 1.18 bits per heavy atom. The van der Waals surface area contributed by atoms with Gasteiger partial charge in [-0.2, -0.15) is 0 Å². The van der Waals surface area contributed by atoms with Gasteiger partial charge in [0.2, 0.25) is 12.2 Å². The number of carbonyl (C=O) groups is 3. The van der Waals surface area contributed by atoms with E-state index in [4.69, 9.17) is 31.1 Å². The van der Waals surface area contributed by atoms with Crippen molar-refractivity contribution in [1.82, 2.24) is 5.32 Å². The van der Waals surface area contributed by atoms with Crippen LogP contribution < -0.4 is 16.8 Å². The molecule has 0 bridgehead atoms. The van der Waals surface area contributed by atoms with Crippen molar-refractivity contribution in [3.63, 3.8) is 0 Å². The molecule has 2 unspecified atom stereocenters. The summed E-state index contributed by atoms with van der Waals surface area (Å²) in [5.41, 5.74) is 11.7. The van der Waals surface area contributed by atoms with Crippen LogP contribution in [-0.4, -0.2) is 54.3 Å². The molecule has 0 fully saturated rings. The summed E-state index contributed by atoms with van der Waals surface area (Å²) in [5, 5.41) is 10.6. The predicted molar refractivity (Wildman–Crippen MR) is 124 cm³/mol. The van der Waals surface area contributed by atoms with Crippen molar-refractivity contribution in [2.45, 2.75) is 97.8 Å². The van der Waals surface area contributed by atoms with Crippen LogP contribution in [0.4, 0.5) is 0 Å². The molecule has 0 aromatic rings. The Kier molecular flexibility index (Phi) is 11.5. The van der Waals surface area contributed by atoms with Gasteiger partial charge in [0.25, 0.3) is 0 Å². The van der Waals surface area contributed by atoms with Crippen LogP contribution in [0.1, 0.15) is 67.2 Å². The van der Waals surface area contributed by atoms with Crippen LogP contribution in [0.5, 0.6) is 0 Å². The molecule has 1 aliphatic rings. The minimum absolute atomic E-state index is 0.0591. The smallest absolute Gasteiger partial charge is 0.336 e. The SMILES string of the molecule is CCC(CC)O[C@@H]1C=C(C(=O)OC(C)OC(=O)C(N)C(C)C)C[C@H](CC(=N)N)[C@H]1NC(C)=O. The van der Waals surface area contributed by atoms with Crippen LogP contribution in [0.25, 0.3) is 0 Å². The lowest BCUT2D eigenvalue weighted by Gasteiger charge is -2.38. The maximum Gasteiger partial charge on any atom is 0.336 e. The fourth-order valence-corrected chi connectivity index (χ4v) is 3.71. The fourth-order valence-electron chi connectivity index (χ4n) is 3.71. The first-order chi connectivity index (χ1) is 15.4. The lowest BCUT2D eigenvalue weighted by Crippen LogP contribution is -2.52. The van der Waals surface area contributed by atoms with E-state index in [0.29, 0.717) is 5.57 Å². The summed E-state index contributed by atoms with van der Waals surface area (Å²) in [4.78, 5) is 36.8. The van der Waals surface area contributed by atoms with Crippen molar-refractivity contribution in [3.8, 4) is 0 Å². The molecule has 0 heterocycles. The van der Waals surface area contributed by atoms with Crippen molar-refractivity contribution >= 4 is 23.7 Å². The van der Waals surface area contributed by atoms with E-state index in [1.54, 1.807) is 19.9 Å². The van der Waals surface area contributed by atoms with Crippen LogP contribution in [0.15, 0.2) is 11.6 Å². The van der Waals surface area contributed by atoms with E-state index >= 15 is 0 Å². The number of amides is 1. The molecule has 1 amide bonds. The molecule has 6 N–H and O–H groups in total. The van der Waals surface area contributed by atoms with Crippen LogP contribution in [0.3, 0.4) is 0 Å². The highest BCUT2D eigenvalue weighted by Gasteiger charge is 2.38. The number of nitrogens with two attached hydrogens (primary N) is 2. The van der Waals surface area contributed by atoms with Crippen LogP contribution in [-0.2, 0) is 28.6 Å². The number of nitrogens with one attached hydrogen (secondary N) is 2. The van der Waals surface area contributed by atoms with Gasteiger partial charge < -0.3 is 31.0 Å². The van der Waals surface area contributed by atoms with Crippen molar-refractivity contribution in [2.24, 2.45) is 23.3 Å². The maximum atomic E-state index is 12.9. The number of hydrogen-bond donors (Lipinski definition) is 4. The lowest BCUT2D eigenvalue weighted by atomic mass is 9.80. The molecular formula is C23H40N4O6. The molecule has 1 rings (SSSR count). The number of rotatable bonds is 12. The Bertz CT molecular complexity index is 734. The summed E-state index contributed by atoms with van der Waals surface area (Å²) in [6.45, 7) is 10.4. The maximum absolute atomic E-state index is 12.9. The fraction of sp³-hybridized carbons (Fsp3) is 0.739. The normalized spacial score (nSPS) is 22.3. The highest BCUT2D eigenvalue weighted by atomic mass is 16.7. The van der Waals surface area contributed by atoms with Crippen molar-refractivity contribution < 1.29 is 28.6 Å². The van der Waals surface area contributed by atoms with E-state index in [0.717, 1.165) is 12.8 Å². The summed E-state index contributed by atoms with van der Waals surface area (Å²) < 4.78 is 16.7. The first-order valence-corrected chi connectivity index (χ1v) is 11.5. The van der Waals surface area contributed by atoms with Gasteiger partial charge in [-0.25, -0.2) is 4.79 Å². The summed E-state index contributed by atoms with van der Waals surface area (Å²) in [6.07, 6.45) is 1.74. The van der Waals surface area contributed by atoms with E-state index in [2.05, 4.69) is 5.32 Å². The third-order valence-corrected chi connectivity index (χ3v) is 5.63. The zero-order valence-electron chi connectivity index (χ0n) is 20.6. The Hall–Kier alpha value is -2.46. The number of carbonyl (C=O) groups excluding carboxylic acids is 3. The van der Waals surface area contributed by atoms with Gasteiger partial charge in [0.15, 0.2) is 0 Å². The third-order valence-electron chi connectivity index (χ3n) is 5.63. The van der Waals surface area contributed by atoms with E-state index in [1.165, 1.54) is 13.8 Å². The lowest BCUT2D eigenvalue weighted by molar-refractivity contribution is -0.183. The topological polar surface area (TPSA) is 167 Å². The molecule has 33 heavy (non-hydrogen) atoms. The van der Waals surface area contributed by atoms with Crippen molar-refractivity contribution in [3.05, 3.63) is 11.6 Å². The van der Waals surface area contributed by atoms with E-state index in [-0.39, 0.29) is 42.5 Å². The second-order valence-electron chi connectivity index (χ2n) is 8.83. The molecule has 0 saturated carbocycles. The Morgan fingerprint density at radius 3 is 2.27 bits per heavy atom. The largest absolute Gasteiger partial charge is 0.424 e. The highest BCUT2D eigenvalue weighted by molar-refractivity contribution is 5.89. The van der Waals surface area contributed by atoms with Crippen molar-refractivity contribution in [1.29, 1.82) is 5.41 Å². The highest BCUT2D eigenvalue weighted by Crippen LogP contribution is 2.31. The Morgan fingerprint density at radius 2 is 1.79 bits per heavy atom. The van der Waals surface area contributed by atoms with Gasteiger partial charge in [-0.3, -0.25) is 15.0 Å². The van der Waals surface area contributed by atoms with Crippen molar-refractivity contribution in [2.75, 3.05) is 0 Å². The van der Waals surface area contributed by atoms with Gasteiger partial charge in [0.1, 0.15) is 6.04 Å². The molecule has 10 nitrogen and oxygen atoms in total. The van der Waals surface area contributed by atoms with Gasteiger partial charge in [-0.05, 0) is 37.2 Å². The molecule has 0 spiro atoms. The van der Waals surface area contributed by atoms with Gasteiger partial charge in [-0.1, -0.05) is 27.7 Å². The third kappa shape index (κ3) is 9.13. The second kappa shape index (κ2) is 13.3. The van der Waals surface area contributed by atoms with Gasteiger partial charge >= 0.3 is 11.9 Å².